The van der Waals surface area contributed by atoms with Crippen molar-refractivity contribution in [2.24, 2.45) is 0 Å². The number of carbonyl (C=O) groups excluding carboxylic acids is 1. The highest BCUT2D eigenvalue weighted by molar-refractivity contribution is 5.98. The molecule has 24 heavy (non-hydrogen) atoms. The van der Waals surface area contributed by atoms with Gasteiger partial charge in [0.2, 0.25) is 5.91 Å². The lowest BCUT2D eigenvalue weighted by Crippen LogP contribution is -2.35. The molecule has 126 valence electrons. The third-order valence-corrected chi connectivity index (χ3v) is 4.60. The molecule has 0 saturated heterocycles. The molecule has 0 fully saturated rings. The molecule has 0 aliphatic carbocycles. The lowest BCUT2D eigenvalue weighted by atomic mass is 9.83. The normalized spacial score (nSPS) is 13.5. The van der Waals surface area contributed by atoms with E-state index in [0.29, 0.717) is 19.0 Å². The number of ether oxygens (including phenoxy) is 2. The van der Waals surface area contributed by atoms with Gasteiger partial charge in [0.15, 0.2) is 11.5 Å². The highest BCUT2D eigenvalue weighted by Crippen LogP contribution is 2.35. The second kappa shape index (κ2) is 6.19. The molecule has 0 saturated carbocycles. The van der Waals surface area contributed by atoms with Crippen LogP contribution in [0, 0.1) is 13.8 Å². The minimum Gasteiger partial charge on any atom is -0.486 e. The third kappa shape index (κ3) is 3.09. The molecule has 3 rings (SSSR count). The van der Waals surface area contributed by atoms with Gasteiger partial charge in [-0.05, 0) is 68.7 Å². The molecule has 0 bridgehead atoms. The average molecular weight is 325 g/mol. The van der Waals surface area contributed by atoms with E-state index < -0.39 is 5.41 Å². The van der Waals surface area contributed by atoms with E-state index in [1.54, 1.807) is 0 Å². The molecular weight excluding hydrogens is 302 g/mol. The number of aryl methyl sites for hydroxylation is 2. The van der Waals surface area contributed by atoms with Crippen LogP contribution in [-0.4, -0.2) is 19.1 Å². The molecule has 0 spiro atoms. The zero-order chi connectivity index (χ0) is 17.3. The van der Waals surface area contributed by atoms with Crippen molar-refractivity contribution >= 4 is 11.6 Å². The van der Waals surface area contributed by atoms with E-state index in [-0.39, 0.29) is 5.91 Å². The second-order valence-corrected chi connectivity index (χ2v) is 6.74. The predicted octanol–water partition coefficient (Wildman–Crippen LogP) is 3.99. The van der Waals surface area contributed by atoms with Gasteiger partial charge in [-0.3, -0.25) is 4.79 Å². The van der Waals surface area contributed by atoms with E-state index in [1.165, 1.54) is 5.56 Å². The number of hydrogen-bond donors (Lipinski definition) is 1. The summed E-state index contributed by atoms with van der Waals surface area (Å²) < 4.78 is 11.2. The van der Waals surface area contributed by atoms with E-state index >= 15 is 0 Å². The number of hydrogen-bond acceptors (Lipinski definition) is 3. The Morgan fingerprint density at radius 1 is 0.958 bits per heavy atom. The smallest absolute Gasteiger partial charge is 0.234 e. The van der Waals surface area contributed by atoms with Crippen molar-refractivity contribution in [1.82, 2.24) is 0 Å². The van der Waals surface area contributed by atoms with Gasteiger partial charge in [0, 0.05) is 5.69 Å². The number of amides is 1. The zero-order valence-electron chi connectivity index (χ0n) is 14.6. The summed E-state index contributed by atoms with van der Waals surface area (Å²) >= 11 is 0. The molecular formula is C20H23NO3. The van der Waals surface area contributed by atoms with Crippen LogP contribution in [0.3, 0.4) is 0 Å². The van der Waals surface area contributed by atoms with Crippen molar-refractivity contribution in [2.75, 3.05) is 18.5 Å². The minimum absolute atomic E-state index is 0.0533. The fourth-order valence-corrected chi connectivity index (χ4v) is 2.67. The summed E-state index contributed by atoms with van der Waals surface area (Å²) in [4.78, 5) is 12.8. The van der Waals surface area contributed by atoms with Gasteiger partial charge in [0.05, 0.1) is 5.41 Å². The van der Waals surface area contributed by atoms with Crippen LogP contribution < -0.4 is 14.8 Å². The molecule has 4 nitrogen and oxygen atoms in total. The van der Waals surface area contributed by atoms with Gasteiger partial charge in [0.25, 0.3) is 0 Å². The van der Waals surface area contributed by atoms with E-state index in [4.69, 9.17) is 9.47 Å². The Morgan fingerprint density at radius 2 is 1.67 bits per heavy atom. The highest BCUT2D eigenvalue weighted by atomic mass is 16.6. The molecule has 0 aromatic heterocycles. The summed E-state index contributed by atoms with van der Waals surface area (Å²) in [6.45, 7) is 9.01. The molecule has 0 radical (unpaired) electrons. The Balaban J connectivity index is 1.83. The Hall–Kier alpha value is -2.49. The van der Waals surface area contributed by atoms with E-state index in [9.17, 15) is 4.79 Å². The molecule has 1 aliphatic heterocycles. The molecule has 0 atom stereocenters. The van der Waals surface area contributed by atoms with Crippen LogP contribution in [0.25, 0.3) is 0 Å². The van der Waals surface area contributed by atoms with Gasteiger partial charge in [-0.25, -0.2) is 0 Å². The van der Waals surface area contributed by atoms with Crippen LogP contribution in [0.4, 0.5) is 5.69 Å². The summed E-state index contributed by atoms with van der Waals surface area (Å²) in [5, 5.41) is 3.02. The van der Waals surface area contributed by atoms with Crippen molar-refractivity contribution in [2.45, 2.75) is 33.1 Å². The van der Waals surface area contributed by atoms with Crippen LogP contribution in [0.1, 0.15) is 30.5 Å². The van der Waals surface area contributed by atoms with E-state index in [1.807, 2.05) is 57.2 Å². The summed E-state index contributed by atoms with van der Waals surface area (Å²) in [7, 11) is 0. The van der Waals surface area contributed by atoms with Gasteiger partial charge in [0.1, 0.15) is 13.2 Å². The number of carbonyl (C=O) groups is 1. The maximum absolute atomic E-state index is 12.8. The van der Waals surface area contributed by atoms with Gasteiger partial charge >= 0.3 is 0 Å². The zero-order valence-corrected chi connectivity index (χ0v) is 14.6. The summed E-state index contributed by atoms with van der Waals surface area (Å²) in [5.41, 5.74) is 3.39. The third-order valence-electron chi connectivity index (χ3n) is 4.60. The first kappa shape index (κ1) is 16.4. The summed E-state index contributed by atoms with van der Waals surface area (Å²) in [5.74, 6) is 1.38. The van der Waals surface area contributed by atoms with Crippen molar-refractivity contribution < 1.29 is 14.3 Å². The lowest BCUT2D eigenvalue weighted by molar-refractivity contribution is -0.120. The number of anilines is 1. The van der Waals surface area contributed by atoms with Crippen molar-refractivity contribution in [1.29, 1.82) is 0 Å². The fourth-order valence-electron chi connectivity index (χ4n) is 2.67. The topological polar surface area (TPSA) is 47.6 Å². The Labute approximate surface area is 142 Å². The second-order valence-electron chi connectivity index (χ2n) is 6.74. The first-order chi connectivity index (χ1) is 11.4. The number of benzene rings is 2. The highest BCUT2D eigenvalue weighted by Gasteiger charge is 2.31. The van der Waals surface area contributed by atoms with Gasteiger partial charge in [-0.2, -0.15) is 0 Å². The van der Waals surface area contributed by atoms with Gasteiger partial charge < -0.3 is 14.8 Å². The van der Waals surface area contributed by atoms with E-state index in [0.717, 1.165) is 22.6 Å². The lowest BCUT2D eigenvalue weighted by Gasteiger charge is -2.26. The predicted molar refractivity (Wildman–Crippen MR) is 95.0 cm³/mol. The molecule has 1 heterocycles. The van der Waals surface area contributed by atoms with Crippen LogP contribution in [0.5, 0.6) is 11.5 Å². The molecule has 1 aliphatic rings. The van der Waals surface area contributed by atoms with Gasteiger partial charge in [-0.1, -0.05) is 12.1 Å². The number of nitrogens with one attached hydrogen (secondary N) is 1. The maximum atomic E-state index is 12.8. The van der Waals surface area contributed by atoms with E-state index in [2.05, 4.69) is 12.2 Å². The first-order valence-electron chi connectivity index (χ1n) is 8.17. The largest absolute Gasteiger partial charge is 0.486 e. The SMILES string of the molecule is Cc1ccc(NC(=O)C(C)(C)c2ccc3c(c2)OCCO3)cc1C. The standard InChI is InChI=1S/C20H23NO3/c1-13-5-7-16(11-14(13)2)21-19(22)20(3,4)15-6-8-17-18(12-15)24-10-9-23-17/h5-8,11-12H,9-10H2,1-4H3,(H,21,22). The number of rotatable bonds is 3. The van der Waals surface area contributed by atoms with Crippen molar-refractivity contribution in [3.05, 3.63) is 53.1 Å². The summed E-state index contributed by atoms with van der Waals surface area (Å²) in [6.07, 6.45) is 0. The van der Waals surface area contributed by atoms with Crippen LogP contribution >= 0.6 is 0 Å². The van der Waals surface area contributed by atoms with Gasteiger partial charge in [-0.15, -0.1) is 0 Å². The van der Waals surface area contributed by atoms with Crippen molar-refractivity contribution in [3.8, 4) is 11.5 Å². The maximum Gasteiger partial charge on any atom is 0.234 e. The Morgan fingerprint density at radius 3 is 2.38 bits per heavy atom. The van der Waals surface area contributed by atoms with Crippen LogP contribution in [-0.2, 0) is 10.2 Å². The molecule has 1 N–H and O–H groups in total. The molecule has 2 aromatic rings. The summed E-state index contributed by atoms with van der Waals surface area (Å²) in [6, 6.07) is 11.6. The average Bonchev–Trinajstić information content (AvgIpc) is 2.57. The monoisotopic (exact) mass is 325 g/mol. The fraction of sp³-hybridized carbons (Fsp3) is 0.350. The Kier molecular flexibility index (Phi) is 4.22. The van der Waals surface area contributed by atoms with Crippen LogP contribution in [0.2, 0.25) is 0 Å². The minimum atomic E-state index is -0.686. The first-order valence-corrected chi connectivity index (χ1v) is 8.17. The number of fused-ring (bicyclic) bond motifs is 1. The molecule has 4 heteroatoms. The molecule has 2 aromatic carbocycles. The molecule has 0 unspecified atom stereocenters. The molecule has 1 amide bonds. The quantitative estimate of drug-likeness (QED) is 0.928. The van der Waals surface area contributed by atoms with Crippen LogP contribution in [0.15, 0.2) is 36.4 Å². The van der Waals surface area contributed by atoms with Crippen molar-refractivity contribution in [3.63, 3.8) is 0 Å². The Bertz CT molecular complexity index is 780.